The summed E-state index contributed by atoms with van der Waals surface area (Å²) in [5.41, 5.74) is 2.23. The van der Waals surface area contributed by atoms with E-state index in [4.69, 9.17) is 14.7 Å². The molecule has 6 heteroatoms. The van der Waals surface area contributed by atoms with E-state index in [1.54, 1.807) is 45.0 Å². The predicted octanol–water partition coefficient (Wildman–Crippen LogP) is 2.94. The molecule has 1 aromatic heterocycles. The van der Waals surface area contributed by atoms with Crippen LogP contribution in [0.25, 0.3) is 0 Å². The summed E-state index contributed by atoms with van der Waals surface area (Å²) in [6.45, 7) is 5.01. The summed E-state index contributed by atoms with van der Waals surface area (Å²) in [5.74, 6) is -0.340. The number of ketones is 1. The van der Waals surface area contributed by atoms with E-state index in [2.05, 4.69) is 4.98 Å². The van der Waals surface area contributed by atoms with Gasteiger partial charge in [0.2, 0.25) is 5.78 Å². The minimum atomic E-state index is -0.777. The number of nitrogens with zero attached hydrogens (tertiary/aromatic N) is 1. The molecule has 24 heavy (non-hydrogen) atoms. The highest BCUT2D eigenvalue weighted by Crippen LogP contribution is 2.22. The van der Waals surface area contributed by atoms with Crippen molar-refractivity contribution >= 4 is 11.8 Å². The molecule has 0 aliphatic carbocycles. The monoisotopic (exact) mass is 326 g/mol. The minimum absolute atomic E-state index is 0.284. The lowest BCUT2D eigenvalue weighted by molar-refractivity contribution is 0.0599. The maximum absolute atomic E-state index is 12.6. The minimum Gasteiger partial charge on any atom is -0.482 e. The number of rotatable bonds is 5. The van der Waals surface area contributed by atoms with E-state index in [1.807, 2.05) is 6.07 Å². The van der Waals surface area contributed by atoms with Crippen LogP contribution < -0.4 is 4.74 Å². The molecule has 0 unspecified atom stereocenters. The number of carbonyl (C=O) groups is 2. The number of esters is 1. The average Bonchev–Trinajstić information content (AvgIpc) is 2.88. The molecule has 6 nitrogen and oxygen atoms in total. The Morgan fingerprint density at radius 3 is 2.62 bits per heavy atom. The molecule has 0 amide bonds. The Morgan fingerprint density at radius 1 is 1.29 bits per heavy atom. The Balaban J connectivity index is 2.25. The van der Waals surface area contributed by atoms with Gasteiger partial charge in [-0.05, 0) is 44.5 Å². The number of hydrogen-bond donors (Lipinski definition) is 1. The molecule has 1 aromatic carbocycles. The highest BCUT2D eigenvalue weighted by Gasteiger charge is 2.26. The lowest BCUT2D eigenvalue weighted by Gasteiger charge is -2.13. The number of aromatic amines is 1. The predicted molar refractivity (Wildman–Crippen MR) is 87.2 cm³/mol. The molecule has 0 saturated heterocycles. The Kier molecular flexibility index (Phi) is 5.05. The van der Waals surface area contributed by atoms with Gasteiger partial charge in [0, 0.05) is 5.69 Å². The van der Waals surface area contributed by atoms with Crippen LogP contribution in [0.3, 0.4) is 0 Å². The first-order valence-corrected chi connectivity index (χ1v) is 7.37. The lowest BCUT2D eigenvalue weighted by atomic mass is 10.1. The van der Waals surface area contributed by atoms with E-state index < -0.39 is 12.1 Å². The van der Waals surface area contributed by atoms with E-state index >= 15 is 0 Å². The summed E-state index contributed by atoms with van der Waals surface area (Å²) in [6.07, 6.45) is -0.777. The molecule has 2 rings (SSSR count). The van der Waals surface area contributed by atoms with Gasteiger partial charge in [0.15, 0.2) is 6.10 Å². The van der Waals surface area contributed by atoms with Crippen molar-refractivity contribution in [2.75, 3.05) is 7.11 Å². The second-order valence-electron chi connectivity index (χ2n) is 5.38. The van der Waals surface area contributed by atoms with Gasteiger partial charge in [-0.2, -0.15) is 5.26 Å². The number of aryl methyl sites for hydroxylation is 1. The van der Waals surface area contributed by atoms with Crippen molar-refractivity contribution in [2.24, 2.45) is 0 Å². The molecule has 124 valence electrons. The first-order valence-electron chi connectivity index (χ1n) is 7.37. The number of hydrogen-bond acceptors (Lipinski definition) is 5. The zero-order valence-electron chi connectivity index (χ0n) is 14.0. The highest BCUT2D eigenvalue weighted by atomic mass is 16.5. The standard InChI is InChI=1S/C18H18N2O4/c1-10-15(18(22)23-4)11(2)20-16(10)17(21)12(3)24-14-7-5-6-13(8-14)9-19/h5-8,12,20H,1-4H3/t12-/m1/s1. The maximum Gasteiger partial charge on any atom is 0.339 e. The van der Waals surface area contributed by atoms with Crippen LogP contribution in [0.2, 0.25) is 0 Å². The second kappa shape index (κ2) is 7.01. The highest BCUT2D eigenvalue weighted by molar-refractivity contribution is 6.03. The van der Waals surface area contributed by atoms with Crippen LogP contribution >= 0.6 is 0 Å². The molecule has 1 N–H and O–H groups in total. The Morgan fingerprint density at radius 2 is 2.00 bits per heavy atom. The summed E-state index contributed by atoms with van der Waals surface area (Å²) in [7, 11) is 1.30. The van der Waals surface area contributed by atoms with Crippen LogP contribution in [-0.2, 0) is 4.74 Å². The number of H-pyrrole nitrogens is 1. The first kappa shape index (κ1) is 17.3. The number of methoxy groups -OCH3 is 1. The molecule has 0 aliphatic heterocycles. The normalized spacial score (nSPS) is 11.5. The molecule has 0 saturated carbocycles. The van der Waals surface area contributed by atoms with Gasteiger partial charge in [-0.3, -0.25) is 4.79 Å². The Bertz CT molecular complexity index is 830. The van der Waals surface area contributed by atoms with E-state index in [9.17, 15) is 9.59 Å². The van der Waals surface area contributed by atoms with Gasteiger partial charge < -0.3 is 14.5 Å². The first-order chi connectivity index (χ1) is 11.4. The molecule has 1 atom stereocenters. The quantitative estimate of drug-likeness (QED) is 0.673. The van der Waals surface area contributed by atoms with Crippen molar-refractivity contribution in [1.82, 2.24) is 4.98 Å². The van der Waals surface area contributed by atoms with Gasteiger partial charge in [-0.15, -0.1) is 0 Å². The summed E-state index contributed by atoms with van der Waals surface area (Å²) in [4.78, 5) is 27.4. The van der Waals surface area contributed by atoms with E-state index in [0.29, 0.717) is 33.8 Å². The summed E-state index contributed by atoms with van der Waals surface area (Å²) in [6, 6.07) is 8.60. The third kappa shape index (κ3) is 3.30. The summed E-state index contributed by atoms with van der Waals surface area (Å²) < 4.78 is 10.4. The van der Waals surface area contributed by atoms with Crippen molar-refractivity contribution in [1.29, 1.82) is 5.26 Å². The van der Waals surface area contributed by atoms with E-state index in [-0.39, 0.29) is 5.78 Å². The smallest absolute Gasteiger partial charge is 0.339 e. The maximum atomic E-state index is 12.6. The molecule has 0 fully saturated rings. The SMILES string of the molecule is COC(=O)c1c(C)[nH]c(C(=O)[C@@H](C)Oc2cccc(C#N)c2)c1C. The molecule has 0 spiro atoms. The number of benzene rings is 1. The van der Waals surface area contributed by atoms with Crippen molar-refractivity contribution in [3.8, 4) is 11.8 Å². The molecule has 0 aliphatic rings. The van der Waals surface area contributed by atoms with Gasteiger partial charge >= 0.3 is 5.97 Å². The van der Waals surface area contributed by atoms with Gasteiger partial charge in [-0.1, -0.05) is 6.07 Å². The number of aromatic nitrogens is 1. The van der Waals surface area contributed by atoms with Gasteiger partial charge in [-0.25, -0.2) is 4.79 Å². The number of ether oxygens (including phenoxy) is 2. The number of nitriles is 1. The van der Waals surface area contributed by atoms with Crippen molar-refractivity contribution in [3.63, 3.8) is 0 Å². The number of Topliss-reactive ketones (excluding diaryl/α,β-unsaturated/α-hetero) is 1. The fourth-order valence-electron chi connectivity index (χ4n) is 2.50. The van der Waals surface area contributed by atoms with Crippen LogP contribution in [0.4, 0.5) is 0 Å². The number of carbonyl (C=O) groups excluding carboxylic acids is 2. The molecule has 0 radical (unpaired) electrons. The second-order valence-corrected chi connectivity index (χ2v) is 5.38. The number of nitrogens with one attached hydrogen (secondary N) is 1. The van der Waals surface area contributed by atoms with Crippen LogP contribution in [0, 0.1) is 25.2 Å². The fraction of sp³-hybridized carbons (Fsp3) is 0.278. The van der Waals surface area contributed by atoms with Crippen LogP contribution in [0.15, 0.2) is 24.3 Å². The van der Waals surface area contributed by atoms with Crippen LogP contribution in [0.5, 0.6) is 5.75 Å². The van der Waals surface area contributed by atoms with Gasteiger partial charge in [0.05, 0.1) is 30.0 Å². The summed E-state index contributed by atoms with van der Waals surface area (Å²) >= 11 is 0. The Hall–Kier alpha value is -3.07. The fourth-order valence-corrected chi connectivity index (χ4v) is 2.50. The van der Waals surface area contributed by atoms with Crippen LogP contribution in [-0.4, -0.2) is 30.0 Å². The van der Waals surface area contributed by atoms with Crippen LogP contribution in [0.1, 0.15) is 44.6 Å². The largest absolute Gasteiger partial charge is 0.482 e. The zero-order chi connectivity index (χ0) is 17.9. The Labute approximate surface area is 140 Å². The average molecular weight is 326 g/mol. The zero-order valence-corrected chi connectivity index (χ0v) is 14.0. The molecular weight excluding hydrogens is 308 g/mol. The van der Waals surface area contributed by atoms with Crippen molar-refractivity contribution in [2.45, 2.75) is 26.9 Å². The van der Waals surface area contributed by atoms with Crippen molar-refractivity contribution in [3.05, 3.63) is 52.3 Å². The van der Waals surface area contributed by atoms with Gasteiger partial charge in [0.25, 0.3) is 0 Å². The molecule has 0 bridgehead atoms. The van der Waals surface area contributed by atoms with E-state index in [0.717, 1.165) is 0 Å². The lowest BCUT2D eigenvalue weighted by Crippen LogP contribution is -2.25. The van der Waals surface area contributed by atoms with Crippen molar-refractivity contribution < 1.29 is 19.1 Å². The van der Waals surface area contributed by atoms with Gasteiger partial charge in [0.1, 0.15) is 5.75 Å². The van der Waals surface area contributed by atoms with E-state index in [1.165, 1.54) is 7.11 Å². The molecular formula is C18H18N2O4. The molecule has 2 aromatic rings. The topological polar surface area (TPSA) is 92.2 Å². The third-order valence-corrected chi connectivity index (χ3v) is 3.72. The third-order valence-electron chi connectivity index (χ3n) is 3.72. The summed E-state index contributed by atoms with van der Waals surface area (Å²) in [5, 5.41) is 8.91. The molecule has 1 heterocycles.